The van der Waals surface area contributed by atoms with E-state index in [1.165, 1.54) is 35.4 Å². The largest absolute Gasteiger partial charge is 0.386 e. The van der Waals surface area contributed by atoms with Crippen LogP contribution in [0, 0.1) is 12.8 Å². The van der Waals surface area contributed by atoms with E-state index in [1.54, 1.807) is 0 Å². The first-order valence-corrected chi connectivity index (χ1v) is 11.9. The Morgan fingerprint density at radius 3 is 2.55 bits per heavy atom. The van der Waals surface area contributed by atoms with Gasteiger partial charge in [0.1, 0.15) is 6.17 Å². The summed E-state index contributed by atoms with van der Waals surface area (Å²) in [7, 11) is 0. The lowest BCUT2D eigenvalue weighted by Gasteiger charge is -2.44. The van der Waals surface area contributed by atoms with Crippen molar-refractivity contribution < 1.29 is 5.11 Å². The van der Waals surface area contributed by atoms with Gasteiger partial charge in [0, 0.05) is 25.7 Å². The summed E-state index contributed by atoms with van der Waals surface area (Å²) in [5, 5.41) is 14.5. The van der Waals surface area contributed by atoms with Crippen LogP contribution in [0.5, 0.6) is 0 Å². The standard InChI is InChI=1S/C27H39N3O/c1-6-8-22-17-20(16-21(22)7-2)18-29-13-11-23(12-14-29)30-25-10-9-19(3)15-24(25)28-26(30)27(4,5)31/h6-10,15,20,23,26,28,31H,2,11-14,16-18H2,1,3-5H3/b8-6-. The van der Waals surface area contributed by atoms with Crippen molar-refractivity contribution >= 4 is 11.4 Å². The molecule has 1 saturated heterocycles. The molecule has 2 N–H and O–H groups in total. The van der Waals surface area contributed by atoms with Crippen molar-refractivity contribution in [3.63, 3.8) is 0 Å². The van der Waals surface area contributed by atoms with Crippen LogP contribution in [0.1, 0.15) is 52.0 Å². The summed E-state index contributed by atoms with van der Waals surface area (Å²) in [6.07, 6.45) is 11.0. The smallest absolute Gasteiger partial charge is 0.128 e. The van der Waals surface area contributed by atoms with E-state index in [4.69, 9.17) is 0 Å². The molecule has 1 aromatic carbocycles. The van der Waals surface area contributed by atoms with Crippen molar-refractivity contribution in [1.29, 1.82) is 0 Å². The molecule has 1 fully saturated rings. The van der Waals surface area contributed by atoms with Gasteiger partial charge in [-0.15, -0.1) is 0 Å². The van der Waals surface area contributed by atoms with Crippen LogP contribution in [0.15, 0.2) is 54.2 Å². The van der Waals surface area contributed by atoms with Crippen molar-refractivity contribution in [2.45, 2.75) is 71.2 Å². The lowest BCUT2D eigenvalue weighted by molar-refractivity contribution is 0.0538. The maximum Gasteiger partial charge on any atom is 0.128 e. The number of hydrogen-bond donors (Lipinski definition) is 2. The molecule has 2 aliphatic heterocycles. The van der Waals surface area contributed by atoms with Crippen LogP contribution in [-0.2, 0) is 0 Å². The minimum absolute atomic E-state index is 0.0848. The summed E-state index contributed by atoms with van der Waals surface area (Å²) in [4.78, 5) is 5.11. The minimum Gasteiger partial charge on any atom is -0.386 e. The molecule has 0 saturated carbocycles. The molecule has 2 unspecified atom stereocenters. The van der Waals surface area contributed by atoms with E-state index < -0.39 is 5.60 Å². The number of piperidine rings is 1. The van der Waals surface area contributed by atoms with Crippen molar-refractivity contribution in [2.75, 3.05) is 29.9 Å². The van der Waals surface area contributed by atoms with Gasteiger partial charge < -0.3 is 20.2 Å². The fraction of sp³-hybridized carbons (Fsp3) is 0.556. The molecule has 3 aliphatic rings. The number of anilines is 2. The fourth-order valence-corrected chi connectivity index (χ4v) is 5.69. The summed E-state index contributed by atoms with van der Waals surface area (Å²) in [6.45, 7) is 15.5. The van der Waals surface area contributed by atoms with Crippen molar-refractivity contribution in [1.82, 2.24) is 4.90 Å². The Morgan fingerprint density at radius 2 is 1.90 bits per heavy atom. The highest BCUT2D eigenvalue weighted by Crippen LogP contribution is 2.42. The fourth-order valence-electron chi connectivity index (χ4n) is 5.69. The molecule has 0 aromatic heterocycles. The lowest BCUT2D eigenvalue weighted by Crippen LogP contribution is -2.57. The lowest BCUT2D eigenvalue weighted by atomic mass is 9.96. The Labute approximate surface area is 188 Å². The van der Waals surface area contributed by atoms with Crippen molar-refractivity contribution in [2.24, 2.45) is 5.92 Å². The molecule has 2 heterocycles. The molecule has 168 valence electrons. The number of rotatable bonds is 6. The van der Waals surface area contributed by atoms with E-state index in [0.29, 0.717) is 12.0 Å². The van der Waals surface area contributed by atoms with Gasteiger partial charge in [0.15, 0.2) is 0 Å². The van der Waals surface area contributed by atoms with Crippen LogP contribution in [0.4, 0.5) is 11.4 Å². The second kappa shape index (κ2) is 8.84. The first-order chi connectivity index (χ1) is 14.8. The number of benzene rings is 1. The molecule has 0 radical (unpaired) electrons. The molecule has 0 spiro atoms. The van der Waals surface area contributed by atoms with Crippen molar-refractivity contribution in [3.05, 3.63) is 59.7 Å². The SMILES string of the molecule is C=CC1=C(/C=C\C)CC(CN2CCC(N3c4ccc(C)cc4NC3C(C)(C)O)CC2)C1. The summed E-state index contributed by atoms with van der Waals surface area (Å²) < 4.78 is 0. The number of fused-ring (bicyclic) bond motifs is 1. The van der Waals surface area contributed by atoms with Crippen LogP contribution >= 0.6 is 0 Å². The zero-order chi connectivity index (χ0) is 22.2. The highest BCUT2D eigenvalue weighted by atomic mass is 16.3. The summed E-state index contributed by atoms with van der Waals surface area (Å²) >= 11 is 0. The number of aryl methyl sites for hydroxylation is 1. The summed E-state index contributed by atoms with van der Waals surface area (Å²) in [6, 6.07) is 7.06. The first-order valence-electron chi connectivity index (χ1n) is 11.9. The van der Waals surface area contributed by atoms with E-state index in [0.717, 1.165) is 38.0 Å². The Hall–Kier alpha value is -2.04. The zero-order valence-corrected chi connectivity index (χ0v) is 19.7. The molecular weight excluding hydrogens is 382 g/mol. The van der Waals surface area contributed by atoms with Crippen LogP contribution in [0.2, 0.25) is 0 Å². The number of likely N-dealkylation sites (tertiary alicyclic amines) is 1. The Morgan fingerprint density at radius 1 is 1.19 bits per heavy atom. The van der Waals surface area contributed by atoms with Gasteiger partial charge in [-0.1, -0.05) is 30.9 Å². The number of hydrogen-bond acceptors (Lipinski definition) is 4. The predicted octanol–water partition coefficient (Wildman–Crippen LogP) is 5.26. The van der Waals surface area contributed by atoms with E-state index in [1.807, 2.05) is 13.8 Å². The molecule has 0 amide bonds. The van der Waals surface area contributed by atoms with Gasteiger partial charge in [0.05, 0.1) is 17.0 Å². The van der Waals surface area contributed by atoms with Gasteiger partial charge in [-0.2, -0.15) is 0 Å². The number of nitrogens with one attached hydrogen (secondary N) is 1. The minimum atomic E-state index is -0.816. The maximum absolute atomic E-state index is 10.9. The Bertz CT molecular complexity index is 871. The van der Waals surface area contributed by atoms with E-state index in [9.17, 15) is 5.11 Å². The van der Waals surface area contributed by atoms with Gasteiger partial charge >= 0.3 is 0 Å². The van der Waals surface area contributed by atoms with Crippen LogP contribution < -0.4 is 10.2 Å². The average Bonchev–Trinajstić information content (AvgIpc) is 3.29. The molecular formula is C27H39N3O. The van der Waals surface area contributed by atoms with Gasteiger partial charge in [-0.25, -0.2) is 0 Å². The topological polar surface area (TPSA) is 38.7 Å². The number of aliphatic hydroxyl groups is 1. The van der Waals surface area contributed by atoms with E-state index >= 15 is 0 Å². The van der Waals surface area contributed by atoms with Gasteiger partial charge in [0.2, 0.25) is 0 Å². The monoisotopic (exact) mass is 421 g/mol. The van der Waals surface area contributed by atoms with E-state index in [-0.39, 0.29) is 6.17 Å². The van der Waals surface area contributed by atoms with Crippen molar-refractivity contribution in [3.8, 4) is 0 Å². The first kappa shape index (κ1) is 22.2. The molecule has 4 heteroatoms. The highest BCUT2D eigenvalue weighted by molar-refractivity contribution is 5.77. The van der Waals surface area contributed by atoms with E-state index in [2.05, 4.69) is 72.0 Å². The zero-order valence-electron chi connectivity index (χ0n) is 19.7. The van der Waals surface area contributed by atoms with Crippen LogP contribution in [0.3, 0.4) is 0 Å². The molecule has 4 rings (SSSR count). The summed E-state index contributed by atoms with van der Waals surface area (Å²) in [5.41, 5.74) is 5.73. The van der Waals surface area contributed by atoms with Gasteiger partial charge in [0.25, 0.3) is 0 Å². The number of nitrogens with zero attached hydrogens (tertiary/aromatic N) is 2. The third-order valence-corrected chi connectivity index (χ3v) is 7.18. The second-order valence-corrected chi connectivity index (χ2v) is 10.2. The third-order valence-electron chi connectivity index (χ3n) is 7.18. The third kappa shape index (κ3) is 4.61. The maximum atomic E-state index is 10.9. The predicted molar refractivity (Wildman–Crippen MR) is 132 cm³/mol. The average molecular weight is 422 g/mol. The Balaban J connectivity index is 1.40. The Kier molecular flexibility index (Phi) is 6.32. The second-order valence-electron chi connectivity index (χ2n) is 10.2. The van der Waals surface area contributed by atoms with Crippen LogP contribution in [-0.4, -0.2) is 47.4 Å². The molecule has 1 aromatic rings. The molecule has 1 aliphatic carbocycles. The quantitative estimate of drug-likeness (QED) is 0.657. The molecule has 31 heavy (non-hydrogen) atoms. The number of allylic oxidation sites excluding steroid dienone is 5. The normalized spacial score (nSPS) is 25.4. The van der Waals surface area contributed by atoms with Gasteiger partial charge in [-0.3, -0.25) is 0 Å². The van der Waals surface area contributed by atoms with Gasteiger partial charge in [-0.05, 0) is 88.1 Å². The molecule has 4 nitrogen and oxygen atoms in total. The molecule has 0 bridgehead atoms. The summed E-state index contributed by atoms with van der Waals surface area (Å²) in [5.74, 6) is 0.706. The molecule has 2 atom stereocenters. The highest BCUT2D eigenvalue weighted by Gasteiger charge is 2.42. The van der Waals surface area contributed by atoms with Crippen LogP contribution in [0.25, 0.3) is 0 Å².